The third kappa shape index (κ3) is 3.82. The molecule has 0 saturated heterocycles. The molecule has 0 aliphatic carbocycles. The Bertz CT molecular complexity index is 575. The van der Waals surface area contributed by atoms with E-state index >= 15 is 0 Å². The van der Waals surface area contributed by atoms with Crippen LogP contribution in [0.5, 0.6) is 0 Å². The van der Waals surface area contributed by atoms with Gasteiger partial charge in [-0.3, -0.25) is 0 Å². The first-order valence-electron chi connectivity index (χ1n) is 6.18. The summed E-state index contributed by atoms with van der Waals surface area (Å²) in [4.78, 5) is 9.91. The Morgan fingerprint density at radius 1 is 1.35 bits per heavy atom. The first kappa shape index (κ1) is 15.0. The molecule has 0 spiro atoms. The maximum absolute atomic E-state index is 5.96. The van der Waals surface area contributed by atoms with Gasteiger partial charge in [-0.05, 0) is 19.1 Å². The highest BCUT2D eigenvalue weighted by Crippen LogP contribution is 2.28. The minimum Gasteiger partial charge on any atom is -0.377 e. The van der Waals surface area contributed by atoms with Gasteiger partial charge in [0, 0.05) is 25.1 Å². The number of ether oxygens (including phenoxy) is 1. The Morgan fingerprint density at radius 2 is 2.10 bits per heavy atom. The van der Waals surface area contributed by atoms with Crippen molar-refractivity contribution >= 4 is 34.6 Å². The predicted molar refractivity (Wildman–Crippen MR) is 83.7 cm³/mol. The number of hydrogen-bond donors (Lipinski definition) is 2. The third-order valence-corrected chi connectivity index (χ3v) is 4.10. The molecule has 0 amide bonds. The topological polar surface area (TPSA) is 59.1 Å². The Hall–Kier alpha value is -1.37. The highest BCUT2D eigenvalue weighted by molar-refractivity contribution is 7.16. The van der Waals surface area contributed by atoms with Crippen LogP contribution < -0.4 is 10.6 Å². The average Bonchev–Trinajstić information content (AvgIpc) is 2.85. The Balaban J connectivity index is 2.17. The monoisotopic (exact) mass is 312 g/mol. The van der Waals surface area contributed by atoms with Crippen molar-refractivity contribution in [1.29, 1.82) is 0 Å². The lowest BCUT2D eigenvalue weighted by Crippen LogP contribution is -2.10. The van der Waals surface area contributed by atoms with Gasteiger partial charge >= 0.3 is 0 Å². The summed E-state index contributed by atoms with van der Waals surface area (Å²) in [6.45, 7) is 2.45. The standard InChI is InChI=1S/C13H17ClN4OS/c1-8(9-4-5-10(14)20-9)16-12-6-11(15-2)17-13(18-12)7-19-3/h4-6,8H,7H2,1-3H3,(H2,15,16,17,18). The molecular formula is C13H17ClN4OS. The van der Waals surface area contributed by atoms with Crippen molar-refractivity contribution in [2.75, 3.05) is 24.8 Å². The lowest BCUT2D eigenvalue weighted by molar-refractivity contribution is 0.178. The van der Waals surface area contributed by atoms with E-state index in [1.807, 2.05) is 25.2 Å². The van der Waals surface area contributed by atoms with Crippen LogP contribution in [-0.4, -0.2) is 24.1 Å². The van der Waals surface area contributed by atoms with Gasteiger partial charge in [0.1, 0.15) is 18.2 Å². The number of nitrogens with one attached hydrogen (secondary N) is 2. The van der Waals surface area contributed by atoms with Crippen LogP contribution in [0.2, 0.25) is 4.34 Å². The van der Waals surface area contributed by atoms with E-state index in [1.165, 1.54) is 0 Å². The van der Waals surface area contributed by atoms with Gasteiger partial charge in [0.15, 0.2) is 5.82 Å². The maximum Gasteiger partial charge on any atom is 0.158 e. The number of methoxy groups -OCH3 is 1. The van der Waals surface area contributed by atoms with Crippen LogP contribution in [0.25, 0.3) is 0 Å². The lowest BCUT2D eigenvalue weighted by atomic mass is 10.3. The predicted octanol–water partition coefficient (Wildman–Crippen LogP) is 3.55. The van der Waals surface area contributed by atoms with E-state index in [-0.39, 0.29) is 6.04 Å². The second-order valence-electron chi connectivity index (χ2n) is 4.25. The summed E-state index contributed by atoms with van der Waals surface area (Å²) >= 11 is 7.52. The van der Waals surface area contributed by atoms with Crippen LogP contribution in [0.15, 0.2) is 18.2 Å². The molecule has 7 heteroatoms. The van der Waals surface area contributed by atoms with Crippen molar-refractivity contribution in [3.63, 3.8) is 0 Å². The molecule has 0 aliphatic heterocycles. The molecule has 0 radical (unpaired) electrons. The summed E-state index contributed by atoms with van der Waals surface area (Å²) in [6, 6.07) is 5.91. The van der Waals surface area contributed by atoms with E-state index in [0.717, 1.165) is 20.8 Å². The van der Waals surface area contributed by atoms with Gasteiger partial charge < -0.3 is 15.4 Å². The van der Waals surface area contributed by atoms with Gasteiger partial charge in [-0.2, -0.15) is 0 Å². The van der Waals surface area contributed by atoms with E-state index in [0.29, 0.717) is 12.4 Å². The summed E-state index contributed by atoms with van der Waals surface area (Å²) in [5.41, 5.74) is 0. The third-order valence-electron chi connectivity index (χ3n) is 2.69. The highest BCUT2D eigenvalue weighted by Gasteiger charge is 2.10. The molecule has 1 atom stereocenters. The normalized spacial score (nSPS) is 12.2. The zero-order valence-corrected chi connectivity index (χ0v) is 13.2. The zero-order valence-electron chi connectivity index (χ0n) is 11.6. The summed E-state index contributed by atoms with van der Waals surface area (Å²) < 4.78 is 5.86. The fraction of sp³-hybridized carbons (Fsp3) is 0.385. The molecule has 1 unspecified atom stereocenters. The quantitative estimate of drug-likeness (QED) is 0.854. The lowest BCUT2D eigenvalue weighted by Gasteiger charge is -2.14. The highest BCUT2D eigenvalue weighted by atomic mass is 35.5. The molecule has 2 aromatic heterocycles. The van der Waals surface area contributed by atoms with Crippen molar-refractivity contribution in [1.82, 2.24) is 9.97 Å². The number of halogens is 1. The Kier molecular flexibility index (Phi) is 5.17. The number of nitrogens with zero attached hydrogens (tertiary/aromatic N) is 2. The molecule has 2 rings (SSSR count). The van der Waals surface area contributed by atoms with Crippen LogP contribution >= 0.6 is 22.9 Å². The molecule has 0 saturated carbocycles. The van der Waals surface area contributed by atoms with Gasteiger partial charge in [0.2, 0.25) is 0 Å². The van der Waals surface area contributed by atoms with Crippen LogP contribution in [-0.2, 0) is 11.3 Å². The number of anilines is 2. The molecule has 0 aromatic carbocycles. The first-order valence-corrected chi connectivity index (χ1v) is 7.38. The smallest absolute Gasteiger partial charge is 0.158 e. The SMILES string of the molecule is CNc1cc(NC(C)c2ccc(Cl)s2)nc(COC)n1. The summed E-state index contributed by atoms with van der Waals surface area (Å²) in [5.74, 6) is 2.15. The number of thiophene rings is 1. The van der Waals surface area contributed by atoms with E-state index < -0.39 is 0 Å². The maximum atomic E-state index is 5.96. The molecule has 2 aromatic rings. The van der Waals surface area contributed by atoms with Crippen LogP contribution in [0.3, 0.4) is 0 Å². The molecule has 20 heavy (non-hydrogen) atoms. The van der Waals surface area contributed by atoms with Crippen molar-refractivity contribution < 1.29 is 4.74 Å². The van der Waals surface area contributed by atoms with Crippen molar-refractivity contribution in [2.45, 2.75) is 19.6 Å². The molecule has 0 fully saturated rings. The largest absolute Gasteiger partial charge is 0.377 e. The van der Waals surface area contributed by atoms with Gasteiger partial charge in [-0.15, -0.1) is 11.3 Å². The van der Waals surface area contributed by atoms with Crippen molar-refractivity contribution in [3.8, 4) is 0 Å². The summed E-state index contributed by atoms with van der Waals surface area (Å²) in [5, 5.41) is 6.37. The Labute approximate surface area is 127 Å². The van der Waals surface area contributed by atoms with Crippen molar-refractivity contribution in [2.24, 2.45) is 0 Å². The molecule has 5 nitrogen and oxygen atoms in total. The van der Waals surface area contributed by atoms with Gasteiger partial charge in [-0.25, -0.2) is 9.97 Å². The van der Waals surface area contributed by atoms with Crippen LogP contribution in [0.4, 0.5) is 11.6 Å². The second-order valence-corrected chi connectivity index (χ2v) is 5.99. The second kappa shape index (κ2) is 6.88. The van der Waals surface area contributed by atoms with E-state index in [9.17, 15) is 0 Å². The first-order chi connectivity index (χ1) is 9.62. The van der Waals surface area contributed by atoms with Crippen LogP contribution in [0, 0.1) is 0 Å². The van der Waals surface area contributed by atoms with E-state index in [1.54, 1.807) is 18.4 Å². The zero-order chi connectivity index (χ0) is 14.5. The molecule has 0 aliphatic rings. The van der Waals surface area contributed by atoms with Gasteiger partial charge in [0.25, 0.3) is 0 Å². The average molecular weight is 313 g/mol. The molecule has 2 N–H and O–H groups in total. The number of aromatic nitrogens is 2. The van der Waals surface area contributed by atoms with Crippen LogP contribution in [0.1, 0.15) is 23.7 Å². The minimum atomic E-state index is 0.127. The van der Waals surface area contributed by atoms with Gasteiger partial charge in [-0.1, -0.05) is 11.6 Å². The number of hydrogen-bond acceptors (Lipinski definition) is 6. The summed E-state index contributed by atoms with van der Waals surface area (Å²) in [6.07, 6.45) is 0. The molecular weight excluding hydrogens is 296 g/mol. The molecule has 0 bridgehead atoms. The molecule has 108 valence electrons. The Morgan fingerprint density at radius 3 is 2.70 bits per heavy atom. The number of rotatable bonds is 6. The summed E-state index contributed by atoms with van der Waals surface area (Å²) in [7, 11) is 3.45. The van der Waals surface area contributed by atoms with Gasteiger partial charge in [0.05, 0.1) is 10.4 Å². The van der Waals surface area contributed by atoms with Crippen molar-refractivity contribution in [3.05, 3.63) is 33.2 Å². The van der Waals surface area contributed by atoms with E-state index in [4.69, 9.17) is 16.3 Å². The molecule has 2 heterocycles. The minimum absolute atomic E-state index is 0.127. The van der Waals surface area contributed by atoms with E-state index in [2.05, 4.69) is 27.5 Å². The fourth-order valence-electron chi connectivity index (χ4n) is 1.75. The fourth-order valence-corrected chi connectivity index (χ4v) is 2.81.